The van der Waals surface area contributed by atoms with Gasteiger partial charge in [0.25, 0.3) is 0 Å². The van der Waals surface area contributed by atoms with Crippen LogP contribution in [0.4, 0.5) is 0 Å². The van der Waals surface area contributed by atoms with Gasteiger partial charge in [-0.25, -0.2) is 0 Å². The van der Waals surface area contributed by atoms with Crippen molar-refractivity contribution in [2.24, 2.45) is 5.92 Å². The summed E-state index contributed by atoms with van der Waals surface area (Å²) in [6.07, 6.45) is 4.00. The molecule has 2 aliphatic heterocycles. The van der Waals surface area contributed by atoms with Crippen LogP contribution in [-0.4, -0.2) is 31.1 Å². The van der Waals surface area contributed by atoms with Crippen LogP contribution in [0.2, 0.25) is 0 Å². The summed E-state index contributed by atoms with van der Waals surface area (Å²) >= 11 is 0. The van der Waals surface area contributed by atoms with Gasteiger partial charge in [-0.05, 0) is 49.4 Å². The number of halogens is 2. The predicted octanol–water partition coefficient (Wildman–Crippen LogP) is 2.89. The highest BCUT2D eigenvalue weighted by atomic mass is 35.5. The Bertz CT molecular complexity index is 378. The van der Waals surface area contributed by atoms with Crippen molar-refractivity contribution in [2.75, 3.05) is 26.2 Å². The normalized spacial score (nSPS) is 22.8. The number of hydrogen-bond acceptors (Lipinski definition) is 2. The van der Waals surface area contributed by atoms with Crippen LogP contribution in [0.15, 0.2) is 24.3 Å². The standard InChI is InChI=1S/C15H22N2.2ClH/c1-2-6-15-12-17(9-7-14(15)5-1)11-13-4-3-8-16-10-13;;/h1-2,5-6,13,16H,3-4,7-12H2;2*1H. The summed E-state index contributed by atoms with van der Waals surface area (Å²) in [4.78, 5) is 2.64. The fourth-order valence-electron chi connectivity index (χ4n) is 3.15. The number of nitrogens with one attached hydrogen (secondary N) is 1. The fraction of sp³-hybridized carbons (Fsp3) is 0.600. The van der Waals surface area contributed by atoms with Crippen LogP contribution in [0.25, 0.3) is 0 Å². The molecule has 0 saturated carbocycles. The molecule has 0 bridgehead atoms. The van der Waals surface area contributed by atoms with E-state index in [1.807, 2.05) is 0 Å². The fourth-order valence-corrected chi connectivity index (χ4v) is 3.15. The number of fused-ring (bicyclic) bond motifs is 1. The van der Waals surface area contributed by atoms with Crippen molar-refractivity contribution in [3.05, 3.63) is 35.4 Å². The molecule has 2 aliphatic rings. The number of hydrogen-bond donors (Lipinski definition) is 1. The van der Waals surface area contributed by atoms with E-state index in [4.69, 9.17) is 0 Å². The zero-order chi connectivity index (χ0) is 11.5. The molecule has 1 atom stereocenters. The van der Waals surface area contributed by atoms with E-state index < -0.39 is 0 Å². The summed E-state index contributed by atoms with van der Waals surface area (Å²) in [6.45, 7) is 6.12. The van der Waals surface area contributed by atoms with E-state index in [9.17, 15) is 0 Å². The number of piperidine rings is 1. The summed E-state index contributed by atoms with van der Waals surface area (Å²) < 4.78 is 0. The van der Waals surface area contributed by atoms with Gasteiger partial charge in [0.1, 0.15) is 0 Å². The second kappa shape index (κ2) is 8.11. The van der Waals surface area contributed by atoms with Crippen molar-refractivity contribution in [1.82, 2.24) is 10.2 Å². The van der Waals surface area contributed by atoms with Crippen molar-refractivity contribution in [3.8, 4) is 0 Å². The van der Waals surface area contributed by atoms with E-state index in [0.29, 0.717) is 0 Å². The Morgan fingerprint density at radius 2 is 1.95 bits per heavy atom. The first-order chi connectivity index (χ1) is 8.42. The molecule has 0 radical (unpaired) electrons. The molecule has 108 valence electrons. The summed E-state index contributed by atoms with van der Waals surface area (Å²) in [5.74, 6) is 0.869. The van der Waals surface area contributed by atoms with Gasteiger partial charge < -0.3 is 5.32 Å². The molecule has 1 unspecified atom stereocenters. The molecule has 0 spiro atoms. The maximum Gasteiger partial charge on any atom is 0.0236 e. The van der Waals surface area contributed by atoms with Crippen LogP contribution in [0.5, 0.6) is 0 Å². The zero-order valence-corrected chi connectivity index (χ0v) is 12.9. The minimum atomic E-state index is 0. The maximum absolute atomic E-state index is 3.52. The number of benzene rings is 1. The molecule has 1 fully saturated rings. The van der Waals surface area contributed by atoms with E-state index in [-0.39, 0.29) is 24.8 Å². The van der Waals surface area contributed by atoms with Crippen molar-refractivity contribution in [2.45, 2.75) is 25.8 Å². The quantitative estimate of drug-likeness (QED) is 0.904. The zero-order valence-electron chi connectivity index (χ0n) is 11.3. The van der Waals surface area contributed by atoms with Crippen molar-refractivity contribution >= 4 is 24.8 Å². The lowest BCUT2D eigenvalue weighted by molar-refractivity contribution is 0.194. The third kappa shape index (κ3) is 4.35. The van der Waals surface area contributed by atoms with E-state index >= 15 is 0 Å². The summed E-state index contributed by atoms with van der Waals surface area (Å²) in [7, 11) is 0. The van der Waals surface area contributed by atoms with Crippen LogP contribution in [-0.2, 0) is 13.0 Å². The average Bonchev–Trinajstić information content (AvgIpc) is 2.40. The smallest absolute Gasteiger partial charge is 0.0236 e. The van der Waals surface area contributed by atoms with Crippen LogP contribution in [0, 0.1) is 5.92 Å². The molecule has 0 aromatic heterocycles. The van der Waals surface area contributed by atoms with Crippen LogP contribution >= 0.6 is 24.8 Å². The van der Waals surface area contributed by atoms with Gasteiger partial charge in [-0.15, -0.1) is 24.8 Å². The molecule has 1 N–H and O–H groups in total. The van der Waals surface area contributed by atoms with Gasteiger partial charge in [0.05, 0.1) is 0 Å². The van der Waals surface area contributed by atoms with Gasteiger partial charge in [-0.3, -0.25) is 4.90 Å². The van der Waals surface area contributed by atoms with Crippen LogP contribution in [0.3, 0.4) is 0 Å². The second-order valence-corrected chi connectivity index (χ2v) is 5.47. The minimum Gasteiger partial charge on any atom is -0.316 e. The van der Waals surface area contributed by atoms with E-state index in [2.05, 4.69) is 34.5 Å². The Kier molecular flexibility index (Phi) is 7.16. The second-order valence-electron chi connectivity index (χ2n) is 5.47. The van der Waals surface area contributed by atoms with Crippen LogP contribution in [0.1, 0.15) is 24.0 Å². The Morgan fingerprint density at radius 1 is 1.16 bits per heavy atom. The summed E-state index contributed by atoms with van der Waals surface area (Å²) in [5, 5.41) is 3.52. The Hall–Kier alpha value is -0.280. The molecule has 2 nitrogen and oxygen atoms in total. The largest absolute Gasteiger partial charge is 0.316 e. The average molecular weight is 303 g/mol. The number of nitrogens with zero attached hydrogens (tertiary/aromatic N) is 1. The lowest BCUT2D eigenvalue weighted by Crippen LogP contribution is -2.40. The lowest BCUT2D eigenvalue weighted by atomic mass is 9.95. The molecular weight excluding hydrogens is 279 g/mol. The van der Waals surface area contributed by atoms with Gasteiger partial charge in [0, 0.05) is 19.6 Å². The molecule has 4 heteroatoms. The Labute approximate surface area is 128 Å². The van der Waals surface area contributed by atoms with Crippen molar-refractivity contribution in [3.63, 3.8) is 0 Å². The maximum atomic E-state index is 3.52. The molecule has 3 rings (SSSR count). The molecule has 1 saturated heterocycles. The monoisotopic (exact) mass is 302 g/mol. The SMILES string of the molecule is Cl.Cl.c1ccc2c(c1)CCN(CC1CCCNC1)C2. The highest BCUT2D eigenvalue weighted by Gasteiger charge is 2.20. The molecule has 19 heavy (non-hydrogen) atoms. The van der Waals surface area contributed by atoms with Gasteiger partial charge in [0.15, 0.2) is 0 Å². The van der Waals surface area contributed by atoms with Crippen molar-refractivity contribution in [1.29, 1.82) is 0 Å². The molecule has 1 aromatic carbocycles. The van der Waals surface area contributed by atoms with E-state index in [1.165, 1.54) is 45.4 Å². The van der Waals surface area contributed by atoms with Gasteiger partial charge in [0.2, 0.25) is 0 Å². The van der Waals surface area contributed by atoms with E-state index in [0.717, 1.165) is 12.5 Å². The Balaban J connectivity index is 0.000000902. The topological polar surface area (TPSA) is 15.3 Å². The van der Waals surface area contributed by atoms with Gasteiger partial charge in [-0.2, -0.15) is 0 Å². The third-order valence-corrected chi connectivity index (χ3v) is 4.13. The van der Waals surface area contributed by atoms with E-state index in [1.54, 1.807) is 11.1 Å². The minimum absolute atomic E-state index is 0. The first-order valence-corrected chi connectivity index (χ1v) is 6.91. The van der Waals surface area contributed by atoms with Crippen molar-refractivity contribution < 1.29 is 0 Å². The number of rotatable bonds is 2. The van der Waals surface area contributed by atoms with Gasteiger partial charge >= 0.3 is 0 Å². The molecule has 1 aromatic rings. The lowest BCUT2D eigenvalue weighted by Gasteiger charge is -2.33. The van der Waals surface area contributed by atoms with Crippen LogP contribution < -0.4 is 5.32 Å². The Morgan fingerprint density at radius 3 is 2.68 bits per heavy atom. The highest BCUT2D eigenvalue weighted by molar-refractivity contribution is 5.85. The third-order valence-electron chi connectivity index (χ3n) is 4.13. The summed E-state index contributed by atoms with van der Waals surface area (Å²) in [5.41, 5.74) is 3.10. The van der Waals surface area contributed by atoms with Gasteiger partial charge in [-0.1, -0.05) is 24.3 Å². The summed E-state index contributed by atoms with van der Waals surface area (Å²) in [6, 6.07) is 8.92. The molecule has 2 heterocycles. The molecular formula is C15H24Cl2N2. The first-order valence-electron chi connectivity index (χ1n) is 6.91. The molecule has 0 amide bonds. The molecule has 0 aliphatic carbocycles. The highest BCUT2D eigenvalue weighted by Crippen LogP contribution is 2.20. The predicted molar refractivity (Wildman–Crippen MR) is 85.5 cm³/mol. The first kappa shape index (κ1) is 16.8.